The van der Waals surface area contributed by atoms with E-state index in [-0.39, 0.29) is 5.43 Å². The van der Waals surface area contributed by atoms with Crippen molar-refractivity contribution in [3.63, 3.8) is 0 Å². The molecule has 0 fully saturated rings. The average Bonchev–Trinajstić information content (AvgIpc) is 2.96. The highest BCUT2D eigenvalue weighted by Gasteiger charge is 2.18. The van der Waals surface area contributed by atoms with E-state index in [1.807, 2.05) is 50.5 Å². The van der Waals surface area contributed by atoms with E-state index in [0.717, 1.165) is 22.0 Å². The van der Waals surface area contributed by atoms with E-state index in [2.05, 4.69) is 5.10 Å². The molecule has 2 heterocycles. The number of hydrogen-bond acceptors (Lipinski definition) is 4. The van der Waals surface area contributed by atoms with Gasteiger partial charge in [-0.25, -0.2) is 0 Å². The summed E-state index contributed by atoms with van der Waals surface area (Å²) in [7, 11) is 1.87. The van der Waals surface area contributed by atoms with Gasteiger partial charge in [-0.05, 0) is 56.7 Å². The van der Waals surface area contributed by atoms with Crippen molar-refractivity contribution in [1.29, 1.82) is 0 Å². The number of hydrogen-bond donors (Lipinski definition) is 1. The Morgan fingerprint density at radius 2 is 1.96 bits per heavy atom. The first-order valence-electron chi connectivity index (χ1n) is 8.55. The Morgan fingerprint density at radius 3 is 2.69 bits per heavy atom. The third-order valence-electron chi connectivity index (χ3n) is 4.72. The maximum Gasteiger partial charge on any atom is 0.196 e. The number of benzene rings is 2. The summed E-state index contributed by atoms with van der Waals surface area (Å²) in [6.07, 6.45) is 1.20. The molecule has 4 aromatic rings. The number of rotatable bonds is 2. The first-order chi connectivity index (χ1) is 12.3. The molecule has 0 unspecified atom stereocenters. The fourth-order valence-electron chi connectivity index (χ4n) is 3.44. The Bertz CT molecular complexity index is 1220. The van der Waals surface area contributed by atoms with Crippen LogP contribution in [0.5, 0.6) is 0 Å². The number of fused-ring (bicyclic) bond motifs is 2. The Balaban J connectivity index is 2.05. The molecular formula is C21H20N2O3. The quantitative estimate of drug-likeness (QED) is 0.594. The van der Waals surface area contributed by atoms with Gasteiger partial charge in [-0.1, -0.05) is 0 Å². The van der Waals surface area contributed by atoms with Crippen LogP contribution >= 0.6 is 0 Å². The molecule has 26 heavy (non-hydrogen) atoms. The fourth-order valence-corrected chi connectivity index (χ4v) is 3.44. The lowest BCUT2D eigenvalue weighted by Gasteiger charge is -2.13. The average molecular weight is 348 g/mol. The topological polar surface area (TPSA) is 68.3 Å². The molecule has 0 bridgehead atoms. The van der Waals surface area contributed by atoms with Crippen LogP contribution in [-0.4, -0.2) is 14.9 Å². The Kier molecular flexibility index (Phi) is 3.70. The van der Waals surface area contributed by atoms with Gasteiger partial charge in [0, 0.05) is 35.3 Å². The molecule has 0 aliphatic heterocycles. The summed E-state index contributed by atoms with van der Waals surface area (Å²) in [5, 5.41) is 16.0. The first-order valence-corrected chi connectivity index (χ1v) is 8.55. The lowest BCUT2D eigenvalue weighted by Crippen LogP contribution is -2.09. The van der Waals surface area contributed by atoms with Crippen molar-refractivity contribution in [2.75, 3.05) is 0 Å². The molecule has 5 nitrogen and oxygen atoms in total. The summed E-state index contributed by atoms with van der Waals surface area (Å²) in [5.74, 6) is 0.527. The van der Waals surface area contributed by atoms with E-state index in [1.165, 1.54) is 0 Å². The number of aromatic nitrogens is 2. The van der Waals surface area contributed by atoms with Gasteiger partial charge in [-0.2, -0.15) is 5.10 Å². The predicted octanol–water partition coefficient (Wildman–Crippen LogP) is 4.02. The van der Waals surface area contributed by atoms with Crippen molar-refractivity contribution in [2.45, 2.75) is 26.9 Å². The molecule has 0 saturated carbocycles. The maximum atomic E-state index is 13.0. The van der Waals surface area contributed by atoms with Gasteiger partial charge in [0.15, 0.2) is 5.43 Å². The zero-order chi connectivity index (χ0) is 18.6. The molecular weight excluding hydrogens is 328 g/mol. The molecule has 4 rings (SSSR count). The van der Waals surface area contributed by atoms with Crippen molar-refractivity contribution in [2.24, 2.45) is 7.05 Å². The van der Waals surface area contributed by atoms with E-state index in [4.69, 9.17) is 4.42 Å². The Labute approximate surface area is 150 Å². The second-order valence-electron chi connectivity index (χ2n) is 6.87. The highest BCUT2D eigenvalue weighted by Crippen LogP contribution is 2.31. The largest absolute Gasteiger partial charge is 0.455 e. The van der Waals surface area contributed by atoms with Crippen molar-refractivity contribution in [3.8, 4) is 11.3 Å². The predicted molar refractivity (Wildman–Crippen MR) is 102 cm³/mol. The third kappa shape index (κ3) is 2.52. The second-order valence-corrected chi connectivity index (χ2v) is 6.87. The fraction of sp³-hybridized carbons (Fsp3) is 0.238. The molecule has 132 valence electrons. The van der Waals surface area contributed by atoms with Gasteiger partial charge in [-0.15, -0.1) is 0 Å². The van der Waals surface area contributed by atoms with Crippen LogP contribution in [0.15, 0.2) is 45.7 Å². The summed E-state index contributed by atoms with van der Waals surface area (Å²) in [6.45, 7) is 5.36. The molecule has 0 saturated heterocycles. The standard InChI is InChI=1S/C21H20N2O3/c1-11-7-16(13(3)24)21-17(8-11)19(25)12(2)20(26-21)14-5-6-18-15(9-14)10-23(4)22-18/h5-10,13,24H,1-4H3/t13-/m0/s1. The number of aliphatic hydroxyl groups excluding tert-OH is 1. The molecule has 2 aromatic carbocycles. The van der Waals surface area contributed by atoms with Gasteiger partial charge in [0.05, 0.1) is 17.0 Å². The maximum absolute atomic E-state index is 13.0. The van der Waals surface area contributed by atoms with E-state index >= 15 is 0 Å². The molecule has 0 aliphatic carbocycles. The van der Waals surface area contributed by atoms with E-state index < -0.39 is 6.10 Å². The minimum Gasteiger partial charge on any atom is -0.455 e. The van der Waals surface area contributed by atoms with Gasteiger partial charge in [0.1, 0.15) is 11.3 Å². The van der Waals surface area contributed by atoms with Crippen LogP contribution in [0.3, 0.4) is 0 Å². The Morgan fingerprint density at radius 1 is 1.19 bits per heavy atom. The van der Waals surface area contributed by atoms with Crippen LogP contribution in [0.4, 0.5) is 0 Å². The summed E-state index contributed by atoms with van der Waals surface area (Å²) >= 11 is 0. The van der Waals surface area contributed by atoms with E-state index in [9.17, 15) is 9.90 Å². The molecule has 0 spiro atoms. The summed E-state index contributed by atoms with van der Waals surface area (Å²) < 4.78 is 7.93. The van der Waals surface area contributed by atoms with Gasteiger partial charge >= 0.3 is 0 Å². The molecule has 5 heteroatoms. The highest BCUT2D eigenvalue weighted by molar-refractivity contribution is 5.87. The minimum absolute atomic E-state index is 0.0712. The highest BCUT2D eigenvalue weighted by atomic mass is 16.3. The number of nitrogens with zero attached hydrogens (tertiary/aromatic N) is 2. The van der Waals surface area contributed by atoms with Crippen molar-refractivity contribution in [3.05, 3.63) is 63.4 Å². The third-order valence-corrected chi connectivity index (χ3v) is 4.72. The van der Waals surface area contributed by atoms with Crippen molar-refractivity contribution in [1.82, 2.24) is 9.78 Å². The Hall–Kier alpha value is -2.92. The van der Waals surface area contributed by atoms with Gasteiger partial charge in [-0.3, -0.25) is 9.48 Å². The van der Waals surface area contributed by atoms with Crippen LogP contribution in [0.1, 0.15) is 29.7 Å². The lowest BCUT2D eigenvalue weighted by molar-refractivity contribution is 0.199. The molecule has 1 atom stereocenters. The number of aliphatic hydroxyl groups is 1. The first kappa shape index (κ1) is 16.5. The molecule has 2 aromatic heterocycles. The van der Waals surface area contributed by atoms with Crippen LogP contribution < -0.4 is 5.43 Å². The van der Waals surface area contributed by atoms with Crippen LogP contribution in [0, 0.1) is 13.8 Å². The smallest absolute Gasteiger partial charge is 0.196 e. The molecule has 1 N–H and O–H groups in total. The number of aryl methyl sites for hydroxylation is 2. The summed E-state index contributed by atoms with van der Waals surface area (Å²) in [4.78, 5) is 13.0. The zero-order valence-electron chi connectivity index (χ0n) is 15.2. The lowest BCUT2D eigenvalue weighted by atomic mass is 10.00. The second kappa shape index (κ2) is 5.81. The molecule has 0 amide bonds. The molecule has 0 radical (unpaired) electrons. The summed E-state index contributed by atoms with van der Waals surface area (Å²) in [6, 6.07) is 9.46. The summed E-state index contributed by atoms with van der Waals surface area (Å²) in [5.41, 5.74) is 4.19. The minimum atomic E-state index is -0.725. The van der Waals surface area contributed by atoms with Gasteiger partial charge in [0.25, 0.3) is 0 Å². The van der Waals surface area contributed by atoms with Gasteiger partial charge in [0.2, 0.25) is 0 Å². The zero-order valence-corrected chi connectivity index (χ0v) is 15.2. The van der Waals surface area contributed by atoms with Gasteiger partial charge < -0.3 is 9.52 Å². The van der Waals surface area contributed by atoms with Crippen LogP contribution in [0.25, 0.3) is 33.2 Å². The van der Waals surface area contributed by atoms with E-state index in [0.29, 0.717) is 27.9 Å². The molecule has 0 aliphatic rings. The monoisotopic (exact) mass is 348 g/mol. The SMILES string of the molecule is Cc1cc([C@H](C)O)c2oc(-c3ccc4nn(C)cc4c3)c(C)c(=O)c2c1. The normalized spacial score (nSPS) is 12.8. The van der Waals surface area contributed by atoms with Crippen molar-refractivity contribution >= 4 is 21.9 Å². The van der Waals surface area contributed by atoms with Crippen LogP contribution in [-0.2, 0) is 7.05 Å². The van der Waals surface area contributed by atoms with E-state index in [1.54, 1.807) is 18.5 Å². The van der Waals surface area contributed by atoms with Crippen LogP contribution in [0.2, 0.25) is 0 Å². The van der Waals surface area contributed by atoms with Crippen molar-refractivity contribution < 1.29 is 9.52 Å².